The Labute approximate surface area is 153 Å². The summed E-state index contributed by atoms with van der Waals surface area (Å²) in [4.78, 5) is 17.3. The van der Waals surface area contributed by atoms with Crippen molar-refractivity contribution in [3.05, 3.63) is 77.4 Å². The molecule has 1 aliphatic carbocycles. The van der Waals surface area contributed by atoms with Crippen LogP contribution in [-0.4, -0.2) is 24.5 Å². The molecule has 0 radical (unpaired) electrons. The molecular formula is C23H22N2O. The summed E-state index contributed by atoms with van der Waals surface area (Å²) in [6, 6.07) is 21.3. The van der Waals surface area contributed by atoms with E-state index in [2.05, 4.69) is 54.4 Å². The number of benzene rings is 3. The molecule has 3 heteroatoms. The number of aryl methyl sites for hydroxylation is 1. The van der Waals surface area contributed by atoms with Gasteiger partial charge >= 0.3 is 0 Å². The SMILES string of the molecule is CN(CN1C(=O)c2cccc3cccc1c23)[C@@H]1CCCc2ccccc21. The first kappa shape index (κ1) is 15.6. The van der Waals surface area contributed by atoms with Crippen LogP contribution in [0.4, 0.5) is 5.69 Å². The molecule has 3 aromatic carbocycles. The van der Waals surface area contributed by atoms with Gasteiger partial charge in [-0.15, -0.1) is 0 Å². The van der Waals surface area contributed by atoms with Crippen LogP contribution in [-0.2, 0) is 6.42 Å². The Kier molecular flexibility index (Phi) is 3.57. The first-order valence-corrected chi connectivity index (χ1v) is 9.36. The van der Waals surface area contributed by atoms with Crippen LogP contribution in [0.25, 0.3) is 10.8 Å². The van der Waals surface area contributed by atoms with Crippen LogP contribution in [0.1, 0.15) is 40.4 Å². The van der Waals surface area contributed by atoms with Gasteiger partial charge in [0.1, 0.15) is 0 Å². The van der Waals surface area contributed by atoms with E-state index in [1.807, 2.05) is 23.1 Å². The topological polar surface area (TPSA) is 23.6 Å². The number of anilines is 1. The van der Waals surface area contributed by atoms with Gasteiger partial charge in [0.25, 0.3) is 5.91 Å². The molecule has 0 saturated carbocycles. The quantitative estimate of drug-likeness (QED) is 0.685. The molecule has 0 fully saturated rings. The Morgan fingerprint density at radius 2 is 1.85 bits per heavy atom. The van der Waals surface area contributed by atoms with Crippen molar-refractivity contribution < 1.29 is 4.79 Å². The number of nitrogens with zero attached hydrogens (tertiary/aromatic N) is 2. The molecule has 3 nitrogen and oxygen atoms in total. The van der Waals surface area contributed by atoms with Gasteiger partial charge in [-0.1, -0.05) is 48.5 Å². The normalized spacial score (nSPS) is 18.6. The van der Waals surface area contributed by atoms with Crippen molar-refractivity contribution in [3.8, 4) is 0 Å². The summed E-state index contributed by atoms with van der Waals surface area (Å²) < 4.78 is 0. The van der Waals surface area contributed by atoms with Crippen molar-refractivity contribution in [1.82, 2.24) is 4.90 Å². The zero-order valence-electron chi connectivity index (χ0n) is 15.0. The van der Waals surface area contributed by atoms with Gasteiger partial charge < -0.3 is 0 Å². The Morgan fingerprint density at radius 3 is 2.73 bits per heavy atom. The molecule has 3 aromatic rings. The Balaban J connectivity index is 1.48. The summed E-state index contributed by atoms with van der Waals surface area (Å²) in [6.07, 6.45) is 3.51. The van der Waals surface area contributed by atoms with Crippen LogP contribution in [0.2, 0.25) is 0 Å². The highest BCUT2D eigenvalue weighted by Crippen LogP contribution is 2.39. The van der Waals surface area contributed by atoms with Crippen LogP contribution in [0.3, 0.4) is 0 Å². The van der Waals surface area contributed by atoms with Gasteiger partial charge in [0, 0.05) is 17.0 Å². The van der Waals surface area contributed by atoms with Crippen LogP contribution >= 0.6 is 0 Å². The van der Waals surface area contributed by atoms with Gasteiger partial charge in [0.05, 0.1) is 12.4 Å². The largest absolute Gasteiger partial charge is 0.294 e. The number of hydrogen-bond acceptors (Lipinski definition) is 2. The predicted octanol–water partition coefficient (Wildman–Crippen LogP) is 4.77. The predicted molar refractivity (Wildman–Crippen MR) is 106 cm³/mol. The van der Waals surface area contributed by atoms with E-state index in [9.17, 15) is 4.79 Å². The fourth-order valence-electron chi connectivity index (χ4n) is 4.63. The van der Waals surface area contributed by atoms with Crippen molar-refractivity contribution in [2.75, 3.05) is 18.6 Å². The van der Waals surface area contributed by atoms with Gasteiger partial charge in [-0.2, -0.15) is 0 Å². The standard InChI is InChI=1S/C23H22N2O/c1-24(20-13-5-8-16-7-2-3-11-18(16)20)15-25-21-14-6-10-17-9-4-12-19(22(17)21)23(25)26/h2-4,6-7,9-12,14,20H,5,8,13,15H2,1H3/t20-/m1/s1. The summed E-state index contributed by atoms with van der Waals surface area (Å²) in [6.45, 7) is 0.617. The monoisotopic (exact) mass is 342 g/mol. The maximum atomic E-state index is 13.0. The number of hydrogen-bond donors (Lipinski definition) is 0. The van der Waals surface area contributed by atoms with Crippen molar-refractivity contribution in [2.24, 2.45) is 0 Å². The van der Waals surface area contributed by atoms with E-state index in [1.165, 1.54) is 17.5 Å². The second-order valence-corrected chi connectivity index (χ2v) is 7.42. The third kappa shape index (κ3) is 2.27. The van der Waals surface area contributed by atoms with Crippen molar-refractivity contribution in [1.29, 1.82) is 0 Å². The first-order valence-electron chi connectivity index (χ1n) is 9.36. The maximum Gasteiger partial charge on any atom is 0.260 e. The molecule has 26 heavy (non-hydrogen) atoms. The molecular weight excluding hydrogens is 320 g/mol. The third-order valence-electron chi connectivity index (χ3n) is 5.88. The summed E-state index contributed by atoms with van der Waals surface area (Å²) in [5.74, 6) is 0.118. The molecule has 0 spiro atoms. The molecule has 2 aliphatic rings. The lowest BCUT2D eigenvalue weighted by Gasteiger charge is -2.35. The third-order valence-corrected chi connectivity index (χ3v) is 5.88. The van der Waals surface area contributed by atoms with E-state index in [0.29, 0.717) is 12.7 Å². The number of fused-ring (bicyclic) bond motifs is 1. The molecule has 0 aromatic heterocycles. The van der Waals surface area contributed by atoms with Crippen LogP contribution in [0, 0.1) is 0 Å². The number of carbonyl (C=O) groups is 1. The van der Waals surface area contributed by atoms with E-state index in [-0.39, 0.29) is 5.91 Å². The molecule has 1 amide bonds. The highest BCUT2D eigenvalue weighted by molar-refractivity contribution is 6.24. The lowest BCUT2D eigenvalue weighted by atomic mass is 9.87. The lowest BCUT2D eigenvalue weighted by Crippen LogP contribution is -2.40. The second-order valence-electron chi connectivity index (χ2n) is 7.42. The summed E-state index contributed by atoms with van der Waals surface area (Å²) in [7, 11) is 2.14. The second kappa shape index (κ2) is 5.96. The molecule has 0 saturated heterocycles. The average Bonchev–Trinajstić information content (AvgIpc) is 2.95. The van der Waals surface area contributed by atoms with Crippen LogP contribution < -0.4 is 4.90 Å². The number of carbonyl (C=O) groups excluding carboxylic acids is 1. The maximum absolute atomic E-state index is 13.0. The minimum atomic E-state index is 0.118. The van der Waals surface area contributed by atoms with Gasteiger partial charge in [-0.05, 0) is 55.0 Å². The molecule has 130 valence electrons. The Hall–Kier alpha value is -2.65. The Bertz CT molecular complexity index is 1000. The molecule has 0 N–H and O–H groups in total. The zero-order valence-corrected chi connectivity index (χ0v) is 15.0. The zero-order chi connectivity index (χ0) is 17.7. The average molecular weight is 342 g/mol. The first-order chi connectivity index (χ1) is 12.7. The van der Waals surface area contributed by atoms with E-state index in [4.69, 9.17) is 0 Å². The van der Waals surface area contributed by atoms with Gasteiger partial charge in [-0.3, -0.25) is 14.6 Å². The Morgan fingerprint density at radius 1 is 1.04 bits per heavy atom. The van der Waals surface area contributed by atoms with E-state index >= 15 is 0 Å². The number of amides is 1. The summed E-state index contributed by atoms with van der Waals surface area (Å²) in [5.41, 5.74) is 4.74. The van der Waals surface area contributed by atoms with Crippen molar-refractivity contribution in [3.63, 3.8) is 0 Å². The van der Waals surface area contributed by atoms with Crippen LogP contribution in [0.5, 0.6) is 0 Å². The van der Waals surface area contributed by atoms with Crippen LogP contribution in [0.15, 0.2) is 60.7 Å². The highest BCUT2D eigenvalue weighted by atomic mass is 16.2. The molecule has 0 bridgehead atoms. The van der Waals surface area contributed by atoms with E-state index in [1.54, 1.807) is 0 Å². The fraction of sp³-hybridized carbons (Fsp3) is 0.261. The van der Waals surface area contributed by atoms with Gasteiger partial charge in [0.2, 0.25) is 0 Å². The fourth-order valence-corrected chi connectivity index (χ4v) is 4.63. The van der Waals surface area contributed by atoms with E-state index in [0.717, 1.165) is 34.9 Å². The molecule has 1 heterocycles. The lowest BCUT2D eigenvalue weighted by molar-refractivity contribution is 0.0967. The molecule has 1 atom stereocenters. The molecule has 1 aliphatic heterocycles. The summed E-state index contributed by atoms with van der Waals surface area (Å²) in [5, 5.41) is 2.24. The number of rotatable bonds is 3. The van der Waals surface area contributed by atoms with E-state index < -0.39 is 0 Å². The van der Waals surface area contributed by atoms with Gasteiger partial charge in [-0.25, -0.2) is 0 Å². The van der Waals surface area contributed by atoms with Gasteiger partial charge in [0.15, 0.2) is 0 Å². The molecule has 0 unspecified atom stereocenters. The van der Waals surface area contributed by atoms with Crippen molar-refractivity contribution >= 4 is 22.4 Å². The minimum absolute atomic E-state index is 0.118. The minimum Gasteiger partial charge on any atom is -0.294 e. The summed E-state index contributed by atoms with van der Waals surface area (Å²) >= 11 is 0. The van der Waals surface area contributed by atoms with Crippen molar-refractivity contribution in [2.45, 2.75) is 25.3 Å². The highest BCUT2D eigenvalue weighted by Gasteiger charge is 2.32. The molecule has 5 rings (SSSR count). The smallest absolute Gasteiger partial charge is 0.260 e.